The van der Waals surface area contributed by atoms with Crippen molar-refractivity contribution in [3.05, 3.63) is 29.3 Å². The smallest absolute Gasteiger partial charge is 0.419 e. The highest BCUT2D eigenvalue weighted by Crippen LogP contribution is 2.40. The maximum Gasteiger partial charge on any atom is 0.419 e. The van der Waals surface area contributed by atoms with Gasteiger partial charge in [-0.1, -0.05) is 13.3 Å². The first-order valence-electron chi connectivity index (χ1n) is 6.04. The van der Waals surface area contributed by atoms with Crippen LogP contribution in [0.15, 0.2) is 18.2 Å². The number of halogens is 6. The Hall–Kier alpha value is -1.73. The van der Waals surface area contributed by atoms with E-state index in [4.69, 9.17) is 0 Å². The zero-order valence-corrected chi connectivity index (χ0v) is 10.9. The Kier molecular flexibility index (Phi) is 5.25. The predicted octanol–water partition coefficient (Wildman–Crippen LogP) is 4.82. The molecule has 0 spiro atoms. The van der Waals surface area contributed by atoms with Crippen molar-refractivity contribution >= 4 is 5.97 Å². The average Bonchev–Trinajstić information content (AvgIpc) is 2.33. The van der Waals surface area contributed by atoms with E-state index in [2.05, 4.69) is 4.74 Å². The third-order valence-electron chi connectivity index (χ3n) is 2.57. The van der Waals surface area contributed by atoms with Crippen LogP contribution in [-0.4, -0.2) is 5.97 Å². The van der Waals surface area contributed by atoms with Crippen LogP contribution in [0.2, 0.25) is 0 Å². The number of carbonyl (C=O) groups is 1. The zero-order valence-electron chi connectivity index (χ0n) is 10.9. The molecule has 0 aliphatic rings. The fourth-order valence-corrected chi connectivity index (χ4v) is 1.51. The second-order valence-corrected chi connectivity index (χ2v) is 4.28. The van der Waals surface area contributed by atoms with Crippen molar-refractivity contribution in [3.8, 4) is 5.75 Å². The maximum atomic E-state index is 12.7. The summed E-state index contributed by atoms with van der Waals surface area (Å²) >= 11 is 0. The second-order valence-electron chi connectivity index (χ2n) is 4.28. The van der Waals surface area contributed by atoms with Gasteiger partial charge in [-0.15, -0.1) is 0 Å². The van der Waals surface area contributed by atoms with Gasteiger partial charge in [0, 0.05) is 6.42 Å². The minimum atomic E-state index is -4.91. The lowest BCUT2D eigenvalue weighted by atomic mass is 10.1. The van der Waals surface area contributed by atoms with Crippen LogP contribution in [0, 0.1) is 0 Å². The first kappa shape index (κ1) is 17.3. The highest BCUT2D eigenvalue weighted by molar-refractivity contribution is 5.73. The van der Waals surface area contributed by atoms with Crippen LogP contribution in [0.3, 0.4) is 0 Å². The van der Waals surface area contributed by atoms with E-state index in [0.29, 0.717) is 18.9 Å². The molecular formula is C13H12F6O2. The molecular weight excluding hydrogens is 302 g/mol. The number of carbonyl (C=O) groups excluding carboxylic acids is 1. The molecule has 1 aromatic rings. The molecule has 0 atom stereocenters. The van der Waals surface area contributed by atoms with Crippen molar-refractivity contribution in [2.24, 2.45) is 0 Å². The molecule has 0 bridgehead atoms. The van der Waals surface area contributed by atoms with E-state index in [-0.39, 0.29) is 18.6 Å². The minimum Gasteiger partial charge on any atom is -0.426 e. The van der Waals surface area contributed by atoms with Gasteiger partial charge in [0.1, 0.15) is 5.75 Å². The van der Waals surface area contributed by atoms with E-state index in [1.807, 2.05) is 0 Å². The molecule has 0 radical (unpaired) electrons. The monoisotopic (exact) mass is 314 g/mol. The number of ether oxygens (including phenoxy) is 1. The highest BCUT2D eigenvalue weighted by atomic mass is 19.4. The van der Waals surface area contributed by atoms with Gasteiger partial charge < -0.3 is 4.74 Å². The molecule has 0 heterocycles. The quantitative estimate of drug-likeness (QED) is 0.452. The van der Waals surface area contributed by atoms with Crippen molar-refractivity contribution in [1.29, 1.82) is 0 Å². The summed E-state index contributed by atoms with van der Waals surface area (Å²) in [6.07, 6.45) is -8.92. The summed E-state index contributed by atoms with van der Waals surface area (Å²) in [7, 11) is 0. The second kappa shape index (κ2) is 6.36. The van der Waals surface area contributed by atoms with Gasteiger partial charge in [0.2, 0.25) is 0 Å². The summed E-state index contributed by atoms with van der Waals surface area (Å²) in [5.74, 6) is -2.12. The van der Waals surface area contributed by atoms with Gasteiger partial charge in [0.25, 0.3) is 0 Å². The summed E-state index contributed by atoms with van der Waals surface area (Å²) in [6.45, 7) is 1.75. The van der Waals surface area contributed by atoms with E-state index in [1.165, 1.54) is 0 Å². The molecule has 0 amide bonds. The van der Waals surface area contributed by atoms with E-state index in [0.717, 1.165) is 0 Å². The van der Waals surface area contributed by atoms with Crippen LogP contribution in [0.25, 0.3) is 0 Å². The Labute approximate surface area is 116 Å². The molecule has 0 aliphatic heterocycles. The van der Waals surface area contributed by atoms with Gasteiger partial charge >= 0.3 is 18.3 Å². The SMILES string of the molecule is CCCCC(=O)Oc1cc(C(F)(F)F)ccc1C(F)(F)F. The summed E-state index contributed by atoms with van der Waals surface area (Å²) < 4.78 is 80.1. The maximum absolute atomic E-state index is 12.7. The molecule has 21 heavy (non-hydrogen) atoms. The lowest BCUT2D eigenvalue weighted by Crippen LogP contribution is -2.15. The summed E-state index contributed by atoms with van der Waals surface area (Å²) in [6, 6.07) is 0.740. The minimum absolute atomic E-state index is 0.163. The molecule has 0 fully saturated rings. The topological polar surface area (TPSA) is 26.3 Å². The molecule has 0 saturated heterocycles. The molecule has 0 aliphatic carbocycles. The number of unbranched alkanes of at least 4 members (excludes halogenated alkanes) is 1. The molecule has 0 N–H and O–H groups in total. The third-order valence-corrected chi connectivity index (χ3v) is 2.57. The normalized spacial score (nSPS) is 12.3. The van der Waals surface area contributed by atoms with Crippen LogP contribution < -0.4 is 4.74 Å². The molecule has 118 valence electrons. The Morgan fingerprint density at radius 2 is 1.71 bits per heavy atom. The van der Waals surface area contributed by atoms with E-state index >= 15 is 0 Å². The largest absolute Gasteiger partial charge is 0.426 e. The van der Waals surface area contributed by atoms with Crippen LogP contribution in [-0.2, 0) is 17.1 Å². The summed E-state index contributed by atoms with van der Waals surface area (Å²) in [5.41, 5.74) is -2.73. The van der Waals surface area contributed by atoms with Gasteiger partial charge in [-0.3, -0.25) is 4.79 Å². The molecule has 0 unspecified atom stereocenters. The van der Waals surface area contributed by atoms with E-state index in [9.17, 15) is 31.1 Å². The van der Waals surface area contributed by atoms with Gasteiger partial charge in [-0.2, -0.15) is 26.3 Å². The first-order chi connectivity index (χ1) is 9.55. The Morgan fingerprint density at radius 1 is 1.10 bits per heavy atom. The fourth-order valence-electron chi connectivity index (χ4n) is 1.51. The van der Waals surface area contributed by atoms with Crippen LogP contribution in [0.1, 0.15) is 37.3 Å². The number of hydrogen-bond acceptors (Lipinski definition) is 2. The van der Waals surface area contributed by atoms with Gasteiger partial charge in [-0.25, -0.2) is 0 Å². The van der Waals surface area contributed by atoms with Crippen LogP contribution in [0.4, 0.5) is 26.3 Å². The number of rotatable bonds is 4. The predicted molar refractivity (Wildman–Crippen MR) is 61.6 cm³/mol. The van der Waals surface area contributed by atoms with E-state index < -0.39 is 35.2 Å². The first-order valence-corrected chi connectivity index (χ1v) is 6.04. The van der Waals surface area contributed by atoms with Gasteiger partial charge in [0.15, 0.2) is 0 Å². The number of hydrogen-bond donors (Lipinski definition) is 0. The summed E-state index contributed by atoms with van der Waals surface area (Å²) in [4.78, 5) is 11.3. The molecule has 8 heteroatoms. The molecule has 2 nitrogen and oxygen atoms in total. The van der Waals surface area contributed by atoms with Crippen molar-refractivity contribution in [2.75, 3.05) is 0 Å². The Morgan fingerprint density at radius 3 is 2.19 bits per heavy atom. The van der Waals surface area contributed by atoms with Crippen molar-refractivity contribution in [1.82, 2.24) is 0 Å². The third kappa shape index (κ3) is 4.95. The molecule has 0 aromatic heterocycles. The lowest BCUT2D eigenvalue weighted by molar-refractivity contribution is -0.145. The molecule has 1 rings (SSSR count). The number of alkyl halides is 6. The van der Waals surface area contributed by atoms with Gasteiger partial charge in [-0.05, 0) is 24.6 Å². The molecule has 0 saturated carbocycles. The Bertz CT molecular complexity index is 504. The van der Waals surface area contributed by atoms with Crippen molar-refractivity contribution in [2.45, 2.75) is 38.5 Å². The number of esters is 1. The highest BCUT2D eigenvalue weighted by Gasteiger charge is 2.38. The fraction of sp³-hybridized carbons (Fsp3) is 0.462. The average molecular weight is 314 g/mol. The van der Waals surface area contributed by atoms with Gasteiger partial charge in [0.05, 0.1) is 11.1 Å². The van der Waals surface area contributed by atoms with Crippen LogP contribution >= 0.6 is 0 Å². The Balaban J connectivity index is 3.15. The van der Waals surface area contributed by atoms with Crippen molar-refractivity contribution in [3.63, 3.8) is 0 Å². The lowest BCUT2D eigenvalue weighted by Gasteiger charge is -2.15. The standard InChI is InChI=1S/C13H12F6O2/c1-2-3-4-11(20)21-10-7-8(12(14,15)16)5-6-9(10)13(17,18)19/h5-7H,2-4H2,1H3. The molecule has 1 aromatic carbocycles. The van der Waals surface area contributed by atoms with E-state index in [1.54, 1.807) is 6.92 Å². The number of benzene rings is 1. The summed E-state index contributed by atoms with van der Waals surface area (Å²) in [5, 5.41) is 0. The zero-order chi connectivity index (χ0) is 16.3. The van der Waals surface area contributed by atoms with Crippen LogP contribution in [0.5, 0.6) is 5.75 Å². The van der Waals surface area contributed by atoms with Crippen molar-refractivity contribution < 1.29 is 35.9 Å².